The highest BCUT2D eigenvalue weighted by Crippen LogP contribution is 2.33. The summed E-state index contributed by atoms with van der Waals surface area (Å²) in [4.78, 5) is 11.2. The molecule has 0 aliphatic carbocycles. The van der Waals surface area contributed by atoms with Crippen LogP contribution in [0.5, 0.6) is 0 Å². The number of thiophene rings is 1. The number of carbonyl (C=O) groups is 1. The molecule has 0 saturated carbocycles. The van der Waals surface area contributed by atoms with Crippen molar-refractivity contribution in [3.8, 4) is 0 Å². The lowest BCUT2D eigenvalue weighted by Gasteiger charge is -2.21. The van der Waals surface area contributed by atoms with E-state index in [0.29, 0.717) is 5.02 Å². The number of halogens is 1. The first kappa shape index (κ1) is 10.5. The number of carboxylic acids is 1. The van der Waals surface area contributed by atoms with Crippen molar-refractivity contribution in [1.82, 2.24) is 0 Å². The highest BCUT2D eigenvalue weighted by molar-refractivity contribution is 7.10. The Kier molecular flexibility index (Phi) is 2.95. The van der Waals surface area contributed by atoms with Crippen molar-refractivity contribution >= 4 is 28.9 Å². The van der Waals surface area contributed by atoms with Gasteiger partial charge < -0.3 is 10.8 Å². The predicted molar refractivity (Wildman–Crippen MR) is 53.1 cm³/mol. The minimum Gasteiger partial charge on any atom is -0.481 e. The summed E-state index contributed by atoms with van der Waals surface area (Å²) in [5.41, 5.74) is 4.95. The molecule has 1 atom stereocenters. The van der Waals surface area contributed by atoms with Gasteiger partial charge in [0.25, 0.3) is 0 Å². The maximum Gasteiger partial charge on any atom is 0.305 e. The van der Waals surface area contributed by atoms with Crippen LogP contribution < -0.4 is 5.73 Å². The maximum absolute atomic E-state index is 10.5. The number of aliphatic carboxylic acids is 1. The molecule has 0 spiro atoms. The standard InChI is InChI=1S/C8H10ClNO2S/c1-8(10,4-6(11)12)7-5(9)2-3-13-7/h2-3H,4,10H2,1H3,(H,11,12)/t8-/m1/s1. The summed E-state index contributed by atoms with van der Waals surface area (Å²) < 4.78 is 0. The van der Waals surface area contributed by atoms with Crippen LogP contribution in [0.4, 0.5) is 0 Å². The Balaban J connectivity index is 2.93. The molecule has 0 aliphatic heterocycles. The van der Waals surface area contributed by atoms with Crippen molar-refractivity contribution in [2.24, 2.45) is 5.73 Å². The molecular weight excluding hydrogens is 210 g/mol. The van der Waals surface area contributed by atoms with Crippen LogP contribution in [-0.2, 0) is 10.3 Å². The zero-order valence-electron chi connectivity index (χ0n) is 7.08. The van der Waals surface area contributed by atoms with E-state index in [4.69, 9.17) is 22.4 Å². The van der Waals surface area contributed by atoms with Crippen molar-refractivity contribution in [2.45, 2.75) is 18.9 Å². The van der Waals surface area contributed by atoms with Crippen LogP contribution in [0.3, 0.4) is 0 Å². The van der Waals surface area contributed by atoms with Crippen molar-refractivity contribution in [1.29, 1.82) is 0 Å². The lowest BCUT2D eigenvalue weighted by molar-refractivity contribution is -0.138. The van der Waals surface area contributed by atoms with Gasteiger partial charge in [-0.15, -0.1) is 11.3 Å². The molecular formula is C8H10ClNO2S. The molecule has 3 nitrogen and oxygen atoms in total. The molecule has 0 aliphatic rings. The van der Waals surface area contributed by atoms with Gasteiger partial charge in [0.2, 0.25) is 0 Å². The summed E-state index contributed by atoms with van der Waals surface area (Å²) in [5.74, 6) is -0.922. The summed E-state index contributed by atoms with van der Waals surface area (Å²) in [5, 5.41) is 11.0. The summed E-state index contributed by atoms with van der Waals surface area (Å²) in [7, 11) is 0. The molecule has 0 aromatic carbocycles. The monoisotopic (exact) mass is 219 g/mol. The van der Waals surface area contributed by atoms with Gasteiger partial charge in [-0.25, -0.2) is 0 Å². The van der Waals surface area contributed by atoms with Crippen LogP contribution in [-0.4, -0.2) is 11.1 Å². The van der Waals surface area contributed by atoms with Crippen LogP contribution in [0.2, 0.25) is 5.02 Å². The quantitative estimate of drug-likeness (QED) is 0.818. The first-order valence-corrected chi connectivity index (χ1v) is 4.93. The third-order valence-corrected chi connectivity index (χ3v) is 3.28. The Bertz CT molecular complexity index is 322. The van der Waals surface area contributed by atoms with Crippen molar-refractivity contribution in [2.75, 3.05) is 0 Å². The minimum atomic E-state index is -0.922. The van der Waals surface area contributed by atoms with Gasteiger partial charge in [-0.2, -0.15) is 0 Å². The van der Waals surface area contributed by atoms with Gasteiger partial charge in [0.1, 0.15) is 0 Å². The van der Waals surface area contributed by atoms with Gasteiger partial charge in [-0.1, -0.05) is 11.6 Å². The average molecular weight is 220 g/mol. The topological polar surface area (TPSA) is 63.3 Å². The fourth-order valence-electron chi connectivity index (χ4n) is 1.10. The number of carboxylic acid groups (broad SMARTS) is 1. The second kappa shape index (κ2) is 3.65. The van der Waals surface area contributed by atoms with E-state index >= 15 is 0 Å². The maximum atomic E-state index is 10.5. The van der Waals surface area contributed by atoms with E-state index in [1.807, 2.05) is 0 Å². The molecule has 0 amide bonds. The van der Waals surface area contributed by atoms with Crippen LogP contribution in [0.25, 0.3) is 0 Å². The van der Waals surface area contributed by atoms with E-state index in [2.05, 4.69) is 0 Å². The Morgan fingerprint density at radius 3 is 2.85 bits per heavy atom. The van der Waals surface area contributed by atoms with Crippen molar-refractivity contribution in [3.63, 3.8) is 0 Å². The lowest BCUT2D eigenvalue weighted by Crippen LogP contribution is -2.34. The highest BCUT2D eigenvalue weighted by atomic mass is 35.5. The number of hydrogen-bond acceptors (Lipinski definition) is 3. The van der Waals surface area contributed by atoms with E-state index in [0.717, 1.165) is 4.88 Å². The molecule has 72 valence electrons. The zero-order valence-corrected chi connectivity index (χ0v) is 8.65. The summed E-state index contributed by atoms with van der Waals surface area (Å²) >= 11 is 7.22. The zero-order chi connectivity index (χ0) is 10.1. The fourth-order valence-corrected chi connectivity index (χ4v) is 2.45. The highest BCUT2D eigenvalue weighted by Gasteiger charge is 2.28. The average Bonchev–Trinajstić information content (AvgIpc) is 2.32. The number of rotatable bonds is 3. The Hall–Kier alpha value is -0.580. The van der Waals surface area contributed by atoms with Gasteiger partial charge >= 0.3 is 5.97 Å². The van der Waals surface area contributed by atoms with E-state index in [1.54, 1.807) is 18.4 Å². The predicted octanol–water partition coefficient (Wildman–Crippen LogP) is 2.05. The molecule has 0 radical (unpaired) electrons. The van der Waals surface area contributed by atoms with Gasteiger partial charge in [0, 0.05) is 4.88 Å². The molecule has 1 heterocycles. The van der Waals surface area contributed by atoms with Gasteiger partial charge in [0.05, 0.1) is 17.0 Å². The first-order valence-electron chi connectivity index (χ1n) is 3.67. The third kappa shape index (κ3) is 2.43. The fraction of sp³-hybridized carbons (Fsp3) is 0.375. The molecule has 0 saturated heterocycles. The lowest BCUT2D eigenvalue weighted by atomic mass is 9.97. The molecule has 0 bridgehead atoms. The molecule has 13 heavy (non-hydrogen) atoms. The minimum absolute atomic E-state index is 0.118. The van der Waals surface area contributed by atoms with Gasteiger partial charge in [0.15, 0.2) is 0 Å². The van der Waals surface area contributed by atoms with Gasteiger partial charge in [-0.3, -0.25) is 4.79 Å². The van der Waals surface area contributed by atoms with E-state index < -0.39 is 11.5 Å². The normalized spacial score (nSPS) is 15.3. The van der Waals surface area contributed by atoms with Crippen molar-refractivity contribution < 1.29 is 9.90 Å². The van der Waals surface area contributed by atoms with E-state index in [1.165, 1.54) is 11.3 Å². The number of hydrogen-bond donors (Lipinski definition) is 2. The molecule has 5 heteroatoms. The smallest absolute Gasteiger partial charge is 0.305 e. The summed E-state index contributed by atoms with van der Waals surface area (Å²) in [6.07, 6.45) is -0.118. The van der Waals surface area contributed by atoms with Crippen LogP contribution >= 0.6 is 22.9 Å². The van der Waals surface area contributed by atoms with E-state index in [-0.39, 0.29) is 6.42 Å². The number of nitrogens with two attached hydrogens (primary N) is 1. The Morgan fingerprint density at radius 1 is 1.85 bits per heavy atom. The second-order valence-corrected chi connectivity index (χ2v) is 4.41. The first-order chi connectivity index (χ1) is 5.93. The van der Waals surface area contributed by atoms with Gasteiger partial charge in [-0.05, 0) is 18.4 Å². The molecule has 3 N–H and O–H groups in total. The van der Waals surface area contributed by atoms with Crippen LogP contribution in [0.1, 0.15) is 18.2 Å². The second-order valence-electron chi connectivity index (χ2n) is 3.09. The molecule has 1 rings (SSSR count). The summed E-state index contributed by atoms with van der Waals surface area (Å²) in [6, 6.07) is 1.72. The third-order valence-electron chi connectivity index (χ3n) is 1.65. The van der Waals surface area contributed by atoms with Crippen molar-refractivity contribution in [3.05, 3.63) is 21.3 Å². The SMILES string of the molecule is C[C@@](N)(CC(=O)O)c1sccc1Cl. The Labute approximate surface area is 85.1 Å². The summed E-state index contributed by atoms with van der Waals surface area (Å²) in [6.45, 7) is 1.67. The van der Waals surface area contributed by atoms with E-state index in [9.17, 15) is 4.79 Å². The largest absolute Gasteiger partial charge is 0.481 e. The van der Waals surface area contributed by atoms with Crippen LogP contribution in [0, 0.1) is 0 Å². The molecule has 1 aromatic rings. The molecule has 0 unspecified atom stereocenters. The Morgan fingerprint density at radius 2 is 2.46 bits per heavy atom. The van der Waals surface area contributed by atoms with Crippen LogP contribution in [0.15, 0.2) is 11.4 Å². The molecule has 0 fully saturated rings. The molecule has 1 aromatic heterocycles.